The van der Waals surface area contributed by atoms with Crippen LogP contribution in [0.5, 0.6) is 0 Å². The average Bonchev–Trinajstić information content (AvgIpc) is 3.14. The molecule has 2 rings (SSSR count). The first-order valence-electron chi connectivity index (χ1n) is 8.31. The third kappa shape index (κ3) is 5.08. The first-order chi connectivity index (χ1) is 9.50. The van der Waals surface area contributed by atoms with Gasteiger partial charge in [-0.25, -0.2) is 0 Å². The van der Waals surface area contributed by atoms with E-state index in [4.69, 9.17) is 9.47 Å². The van der Waals surface area contributed by atoms with E-state index in [1.165, 1.54) is 19.3 Å². The molecule has 0 aromatic heterocycles. The van der Waals surface area contributed by atoms with Crippen molar-refractivity contribution >= 4 is 5.97 Å². The Kier molecular flexibility index (Phi) is 5.48. The zero-order chi connectivity index (χ0) is 14.6. The molecule has 116 valence electrons. The quantitative estimate of drug-likeness (QED) is 0.521. The van der Waals surface area contributed by atoms with Crippen LogP contribution >= 0.6 is 0 Å². The predicted molar refractivity (Wildman–Crippen MR) is 79.5 cm³/mol. The molecule has 3 nitrogen and oxygen atoms in total. The minimum Gasteiger partial charge on any atom is -0.465 e. The molecule has 3 atom stereocenters. The van der Waals surface area contributed by atoms with Gasteiger partial charge in [-0.1, -0.05) is 33.6 Å². The fourth-order valence-electron chi connectivity index (χ4n) is 3.02. The maximum atomic E-state index is 11.8. The second kappa shape index (κ2) is 6.93. The molecule has 0 N–H and O–H groups in total. The van der Waals surface area contributed by atoms with Gasteiger partial charge in [-0.05, 0) is 43.4 Å². The minimum absolute atomic E-state index is 0.0191. The zero-order valence-electron chi connectivity index (χ0n) is 13.3. The summed E-state index contributed by atoms with van der Waals surface area (Å²) in [5.74, 6) is 0.498. The summed E-state index contributed by atoms with van der Waals surface area (Å²) in [6.45, 7) is 7.33. The molecular formula is C17H30O3. The van der Waals surface area contributed by atoms with Crippen LogP contribution in [0.15, 0.2) is 0 Å². The maximum absolute atomic E-state index is 11.8. The number of hydrogen-bond acceptors (Lipinski definition) is 3. The fourth-order valence-corrected chi connectivity index (χ4v) is 3.02. The van der Waals surface area contributed by atoms with Gasteiger partial charge in [0, 0.05) is 6.42 Å². The molecule has 2 aliphatic rings. The lowest BCUT2D eigenvalue weighted by molar-refractivity contribution is -0.145. The smallest absolute Gasteiger partial charge is 0.305 e. The molecule has 0 bridgehead atoms. The van der Waals surface area contributed by atoms with Gasteiger partial charge in [-0.15, -0.1) is 0 Å². The largest absolute Gasteiger partial charge is 0.465 e. The van der Waals surface area contributed by atoms with Crippen molar-refractivity contribution in [2.24, 2.45) is 11.3 Å². The summed E-state index contributed by atoms with van der Waals surface area (Å²) in [4.78, 5) is 11.8. The molecule has 2 fully saturated rings. The van der Waals surface area contributed by atoms with Crippen LogP contribution in [0.4, 0.5) is 0 Å². The molecule has 0 aromatic rings. The van der Waals surface area contributed by atoms with E-state index in [0.717, 1.165) is 25.7 Å². The summed E-state index contributed by atoms with van der Waals surface area (Å²) in [6.07, 6.45) is 9.43. The molecule has 1 aliphatic carbocycles. The molecule has 1 saturated carbocycles. The SMILES string of the molecule is CCC(C)(C)CCCC(=O)OCC1CCCC2OC2C1. The second-order valence-corrected chi connectivity index (χ2v) is 7.30. The van der Waals surface area contributed by atoms with Crippen LogP contribution in [0.25, 0.3) is 0 Å². The topological polar surface area (TPSA) is 38.8 Å². The number of epoxide rings is 1. The number of ether oxygens (including phenoxy) is 2. The van der Waals surface area contributed by atoms with E-state index in [0.29, 0.717) is 36.6 Å². The Bertz CT molecular complexity index is 324. The van der Waals surface area contributed by atoms with Gasteiger partial charge in [0.1, 0.15) is 0 Å². The Morgan fingerprint density at radius 2 is 2.10 bits per heavy atom. The van der Waals surface area contributed by atoms with Gasteiger partial charge in [0.15, 0.2) is 0 Å². The highest BCUT2D eigenvalue weighted by Gasteiger charge is 2.41. The van der Waals surface area contributed by atoms with Gasteiger partial charge in [0.2, 0.25) is 0 Å². The van der Waals surface area contributed by atoms with Crippen molar-refractivity contribution in [1.29, 1.82) is 0 Å². The van der Waals surface area contributed by atoms with Crippen molar-refractivity contribution in [2.45, 2.75) is 84.3 Å². The minimum atomic E-state index is -0.0191. The van der Waals surface area contributed by atoms with Crippen LogP contribution in [0.2, 0.25) is 0 Å². The Labute approximate surface area is 123 Å². The highest BCUT2D eigenvalue weighted by molar-refractivity contribution is 5.69. The number of fused-ring (bicyclic) bond motifs is 1. The van der Waals surface area contributed by atoms with Gasteiger partial charge in [0.05, 0.1) is 18.8 Å². The molecule has 0 amide bonds. The first kappa shape index (κ1) is 15.8. The standard InChI is InChI=1S/C17H30O3/c1-4-17(2,3)10-6-9-16(18)19-12-13-7-5-8-14-15(11-13)20-14/h13-15H,4-12H2,1-3H3. The van der Waals surface area contributed by atoms with Crippen molar-refractivity contribution in [3.8, 4) is 0 Å². The van der Waals surface area contributed by atoms with E-state index in [1.54, 1.807) is 0 Å². The molecule has 0 spiro atoms. The van der Waals surface area contributed by atoms with Crippen molar-refractivity contribution in [3.05, 3.63) is 0 Å². The predicted octanol–water partition coefficient (Wildman–Crippen LogP) is 4.09. The summed E-state index contributed by atoms with van der Waals surface area (Å²) in [6, 6.07) is 0. The third-order valence-corrected chi connectivity index (χ3v) is 5.03. The summed E-state index contributed by atoms with van der Waals surface area (Å²) >= 11 is 0. The molecule has 3 heteroatoms. The van der Waals surface area contributed by atoms with Crippen LogP contribution in [-0.2, 0) is 14.3 Å². The Morgan fingerprint density at radius 1 is 1.30 bits per heavy atom. The molecule has 1 heterocycles. The lowest BCUT2D eigenvalue weighted by Crippen LogP contribution is -2.16. The van der Waals surface area contributed by atoms with Crippen LogP contribution in [0.3, 0.4) is 0 Å². The lowest BCUT2D eigenvalue weighted by Gasteiger charge is -2.22. The van der Waals surface area contributed by atoms with Crippen LogP contribution < -0.4 is 0 Å². The van der Waals surface area contributed by atoms with Crippen LogP contribution in [0.1, 0.15) is 72.1 Å². The van der Waals surface area contributed by atoms with Crippen molar-refractivity contribution in [2.75, 3.05) is 6.61 Å². The summed E-state index contributed by atoms with van der Waals surface area (Å²) in [5.41, 5.74) is 0.347. The number of rotatable bonds is 7. The van der Waals surface area contributed by atoms with Crippen molar-refractivity contribution < 1.29 is 14.3 Å². The van der Waals surface area contributed by atoms with Gasteiger partial charge in [-0.2, -0.15) is 0 Å². The lowest BCUT2D eigenvalue weighted by atomic mass is 9.85. The highest BCUT2D eigenvalue weighted by Crippen LogP contribution is 2.37. The summed E-state index contributed by atoms with van der Waals surface area (Å²) in [5, 5.41) is 0. The Morgan fingerprint density at radius 3 is 2.85 bits per heavy atom. The number of esters is 1. The monoisotopic (exact) mass is 282 g/mol. The molecule has 1 saturated heterocycles. The van der Waals surface area contributed by atoms with Crippen LogP contribution in [0, 0.1) is 11.3 Å². The van der Waals surface area contributed by atoms with Crippen molar-refractivity contribution in [3.63, 3.8) is 0 Å². The number of hydrogen-bond donors (Lipinski definition) is 0. The molecule has 0 radical (unpaired) electrons. The molecule has 0 aromatic carbocycles. The Hall–Kier alpha value is -0.570. The number of carbonyl (C=O) groups is 1. The molecule has 3 unspecified atom stereocenters. The van der Waals surface area contributed by atoms with E-state index in [2.05, 4.69) is 20.8 Å². The zero-order valence-corrected chi connectivity index (χ0v) is 13.3. The molecular weight excluding hydrogens is 252 g/mol. The van der Waals surface area contributed by atoms with Gasteiger partial charge in [-0.3, -0.25) is 4.79 Å². The normalized spacial score (nSPS) is 29.4. The first-order valence-corrected chi connectivity index (χ1v) is 8.31. The highest BCUT2D eigenvalue weighted by atomic mass is 16.6. The molecule has 20 heavy (non-hydrogen) atoms. The van der Waals surface area contributed by atoms with Crippen LogP contribution in [-0.4, -0.2) is 24.8 Å². The van der Waals surface area contributed by atoms with E-state index in [-0.39, 0.29) is 5.97 Å². The fraction of sp³-hybridized carbons (Fsp3) is 0.941. The van der Waals surface area contributed by atoms with E-state index >= 15 is 0 Å². The van der Waals surface area contributed by atoms with E-state index in [9.17, 15) is 4.79 Å². The summed E-state index contributed by atoms with van der Waals surface area (Å²) < 4.78 is 11.0. The maximum Gasteiger partial charge on any atom is 0.305 e. The van der Waals surface area contributed by atoms with E-state index < -0.39 is 0 Å². The number of carbonyl (C=O) groups excluding carboxylic acids is 1. The third-order valence-electron chi connectivity index (χ3n) is 5.03. The van der Waals surface area contributed by atoms with Gasteiger partial charge < -0.3 is 9.47 Å². The Balaban J connectivity index is 1.57. The van der Waals surface area contributed by atoms with Crippen molar-refractivity contribution in [1.82, 2.24) is 0 Å². The van der Waals surface area contributed by atoms with Gasteiger partial charge in [0.25, 0.3) is 0 Å². The summed E-state index contributed by atoms with van der Waals surface area (Å²) in [7, 11) is 0. The van der Waals surface area contributed by atoms with E-state index in [1.807, 2.05) is 0 Å². The second-order valence-electron chi connectivity index (χ2n) is 7.30. The average molecular weight is 282 g/mol. The van der Waals surface area contributed by atoms with Gasteiger partial charge >= 0.3 is 5.97 Å². The molecule has 1 aliphatic heterocycles.